The Morgan fingerprint density at radius 2 is 2.11 bits per heavy atom. The summed E-state index contributed by atoms with van der Waals surface area (Å²) < 4.78 is 0.905. The van der Waals surface area contributed by atoms with Crippen molar-refractivity contribution in [2.45, 2.75) is 6.42 Å². The SMILES string of the molecule is NC(=S)c1c(Br)cccc1NCCc1ccccn1. The molecule has 2 aromatic rings. The lowest BCUT2D eigenvalue weighted by Gasteiger charge is -2.12. The van der Waals surface area contributed by atoms with Crippen LogP contribution in [0.15, 0.2) is 47.1 Å². The summed E-state index contributed by atoms with van der Waals surface area (Å²) in [4.78, 5) is 4.67. The van der Waals surface area contributed by atoms with E-state index in [0.717, 1.165) is 34.4 Å². The second-order valence-corrected chi connectivity index (χ2v) is 5.32. The number of nitrogens with one attached hydrogen (secondary N) is 1. The van der Waals surface area contributed by atoms with E-state index in [1.807, 2.05) is 36.4 Å². The van der Waals surface area contributed by atoms with Crippen LogP contribution in [0.4, 0.5) is 5.69 Å². The standard InChI is InChI=1S/C14H14BrN3S/c15-11-5-3-6-12(13(11)14(16)19)18-9-7-10-4-1-2-8-17-10/h1-6,8,18H,7,9H2,(H2,16,19). The number of aromatic nitrogens is 1. The number of benzene rings is 1. The molecule has 2 rings (SSSR count). The number of pyridine rings is 1. The van der Waals surface area contributed by atoms with Crippen molar-refractivity contribution in [1.82, 2.24) is 4.98 Å². The summed E-state index contributed by atoms with van der Waals surface area (Å²) >= 11 is 8.54. The number of hydrogen-bond acceptors (Lipinski definition) is 3. The van der Waals surface area contributed by atoms with Gasteiger partial charge < -0.3 is 11.1 Å². The van der Waals surface area contributed by atoms with Gasteiger partial charge in [-0.2, -0.15) is 0 Å². The normalized spacial score (nSPS) is 10.2. The van der Waals surface area contributed by atoms with Crippen molar-refractivity contribution in [3.05, 3.63) is 58.3 Å². The zero-order valence-electron chi connectivity index (χ0n) is 10.3. The van der Waals surface area contributed by atoms with Crippen LogP contribution in [0.25, 0.3) is 0 Å². The van der Waals surface area contributed by atoms with Crippen molar-refractivity contribution in [3.8, 4) is 0 Å². The molecule has 3 nitrogen and oxygen atoms in total. The fourth-order valence-corrected chi connectivity index (χ4v) is 2.72. The molecule has 0 fully saturated rings. The highest BCUT2D eigenvalue weighted by Crippen LogP contribution is 2.24. The van der Waals surface area contributed by atoms with Crippen LogP contribution in [0, 0.1) is 0 Å². The lowest BCUT2D eigenvalue weighted by molar-refractivity contribution is 0.961. The van der Waals surface area contributed by atoms with Gasteiger partial charge in [0.05, 0.1) is 0 Å². The van der Waals surface area contributed by atoms with E-state index < -0.39 is 0 Å². The van der Waals surface area contributed by atoms with Crippen LogP contribution < -0.4 is 11.1 Å². The first kappa shape index (κ1) is 14.0. The van der Waals surface area contributed by atoms with Crippen molar-refractivity contribution in [1.29, 1.82) is 0 Å². The summed E-state index contributed by atoms with van der Waals surface area (Å²) in [6, 6.07) is 11.8. The Morgan fingerprint density at radius 3 is 2.79 bits per heavy atom. The predicted octanol–water partition coefficient (Wildman–Crippen LogP) is 3.13. The van der Waals surface area contributed by atoms with E-state index in [-0.39, 0.29) is 0 Å². The molecule has 19 heavy (non-hydrogen) atoms. The van der Waals surface area contributed by atoms with Crippen LogP contribution in [0.5, 0.6) is 0 Å². The monoisotopic (exact) mass is 335 g/mol. The number of nitrogens with zero attached hydrogens (tertiary/aromatic N) is 1. The van der Waals surface area contributed by atoms with Gasteiger partial charge in [-0.05, 0) is 40.2 Å². The predicted molar refractivity (Wildman–Crippen MR) is 86.5 cm³/mol. The van der Waals surface area contributed by atoms with Crippen LogP contribution in [0.3, 0.4) is 0 Å². The first-order valence-corrected chi connectivity index (χ1v) is 7.10. The highest BCUT2D eigenvalue weighted by molar-refractivity contribution is 9.10. The molecular formula is C14H14BrN3S. The number of nitrogens with two attached hydrogens (primary N) is 1. The van der Waals surface area contributed by atoms with Gasteiger partial charge in [0.15, 0.2) is 0 Å². The Labute approximate surface area is 126 Å². The fourth-order valence-electron chi connectivity index (χ4n) is 1.79. The lowest BCUT2D eigenvalue weighted by Crippen LogP contribution is -2.15. The van der Waals surface area contributed by atoms with Crippen molar-refractivity contribution >= 4 is 38.8 Å². The maximum Gasteiger partial charge on any atom is 0.107 e. The van der Waals surface area contributed by atoms with E-state index in [2.05, 4.69) is 26.2 Å². The number of anilines is 1. The highest BCUT2D eigenvalue weighted by atomic mass is 79.9. The largest absolute Gasteiger partial charge is 0.389 e. The van der Waals surface area contributed by atoms with Crippen LogP contribution in [0.1, 0.15) is 11.3 Å². The lowest BCUT2D eigenvalue weighted by atomic mass is 10.1. The van der Waals surface area contributed by atoms with Gasteiger partial charge in [0.2, 0.25) is 0 Å². The Morgan fingerprint density at radius 1 is 1.26 bits per heavy atom. The maximum atomic E-state index is 5.75. The summed E-state index contributed by atoms with van der Waals surface area (Å²) in [5.41, 5.74) is 8.59. The van der Waals surface area contributed by atoms with Gasteiger partial charge in [-0.25, -0.2) is 0 Å². The third-order valence-corrected chi connectivity index (χ3v) is 3.55. The van der Waals surface area contributed by atoms with Gasteiger partial charge in [-0.15, -0.1) is 0 Å². The molecule has 0 aliphatic carbocycles. The first-order valence-electron chi connectivity index (χ1n) is 5.90. The Hall–Kier alpha value is -1.46. The van der Waals surface area contributed by atoms with Crippen molar-refractivity contribution in [2.24, 2.45) is 5.73 Å². The van der Waals surface area contributed by atoms with Crippen LogP contribution in [-0.4, -0.2) is 16.5 Å². The van der Waals surface area contributed by atoms with Gasteiger partial charge in [-0.1, -0.05) is 24.4 Å². The number of thiocarbonyl (C=S) groups is 1. The van der Waals surface area contributed by atoms with Gasteiger partial charge in [0.25, 0.3) is 0 Å². The summed E-state index contributed by atoms with van der Waals surface area (Å²) in [6.45, 7) is 0.781. The zero-order chi connectivity index (χ0) is 13.7. The minimum absolute atomic E-state index is 0.382. The van der Waals surface area contributed by atoms with Crippen molar-refractivity contribution in [2.75, 3.05) is 11.9 Å². The average Bonchev–Trinajstić information content (AvgIpc) is 2.39. The molecule has 1 heterocycles. The molecule has 0 saturated heterocycles. The van der Waals surface area contributed by atoms with E-state index in [0.29, 0.717) is 4.99 Å². The third kappa shape index (κ3) is 3.75. The van der Waals surface area contributed by atoms with Gasteiger partial charge in [0, 0.05) is 40.6 Å². The molecule has 0 spiro atoms. The summed E-state index contributed by atoms with van der Waals surface area (Å²) in [7, 11) is 0. The molecule has 0 amide bonds. The molecule has 98 valence electrons. The van der Waals surface area contributed by atoms with Crippen LogP contribution in [0.2, 0.25) is 0 Å². The summed E-state index contributed by atoms with van der Waals surface area (Å²) in [6.07, 6.45) is 2.65. The summed E-state index contributed by atoms with van der Waals surface area (Å²) in [5, 5.41) is 3.35. The van der Waals surface area contributed by atoms with Crippen molar-refractivity contribution < 1.29 is 0 Å². The van der Waals surface area contributed by atoms with Crippen molar-refractivity contribution in [3.63, 3.8) is 0 Å². The molecule has 0 unspecified atom stereocenters. The zero-order valence-corrected chi connectivity index (χ0v) is 12.7. The second-order valence-electron chi connectivity index (χ2n) is 4.02. The Bertz CT molecular complexity index is 572. The third-order valence-electron chi connectivity index (χ3n) is 2.68. The Kier molecular flexibility index (Phi) is 4.87. The minimum Gasteiger partial charge on any atom is -0.389 e. The molecule has 0 saturated carbocycles. The molecule has 5 heteroatoms. The number of halogens is 1. The van der Waals surface area contributed by atoms with E-state index in [1.54, 1.807) is 6.20 Å². The second kappa shape index (κ2) is 6.63. The first-order chi connectivity index (χ1) is 9.18. The molecular weight excluding hydrogens is 322 g/mol. The van der Waals surface area contributed by atoms with E-state index in [9.17, 15) is 0 Å². The summed E-state index contributed by atoms with van der Waals surface area (Å²) in [5.74, 6) is 0. The highest BCUT2D eigenvalue weighted by Gasteiger charge is 2.08. The number of rotatable bonds is 5. The quantitative estimate of drug-likeness (QED) is 0.824. The molecule has 0 radical (unpaired) electrons. The van der Waals surface area contributed by atoms with Gasteiger partial charge in [0.1, 0.15) is 4.99 Å². The molecule has 0 aliphatic rings. The minimum atomic E-state index is 0.382. The molecule has 0 bridgehead atoms. The number of hydrogen-bond donors (Lipinski definition) is 2. The maximum absolute atomic E-state index is 5.75. The topological polar surface area (TPSA) is 50.9 Å². The molecule has 0 aliphatic heterocycles. The molecule has 1 aromatic carbocycles. The smallest absolute Gasteiger partial charge is 0.107 e. The molecule has 0 atom stereocenters. The van der Waals surface area contributed by atoms with Crippen LogP contribution in [-0.2, 0) is 6.42 Å². The van der Waals surface area contributed by atoms with E-state index >= 15 is 0 Å². The molecule has 3 N–H and O–H groups in total. The fraction of sp³-hybridized carbons (Fsp3) is 0.143. The Balaban J connectivity index is 2.04. The van der Waals surface area contributed by atoms with E-state index in [1.165, 1.54) is 0 Å². The van der Waals surface area contributed by atoms with E-state index in [4.69, 9.17) is 18.0 Å². The average molecular weight is 336 g/mol. The van der Waals surface area contributed by atoms with Gasteiger partial charge in [-0.3, -0.25) is 4.98 Å². The molecule has 1 aromatic heterocycles. The van der Waals surface area contributed by atoms with Gasteiger partial charge >= 0.3 is 0 Å². The van der Waals surface area contributed by atoms with Crippen LogP contribution >= 0.6 is 28.1 Å².